The van der Waals surface area contributed by atoms with E-state index in [4.69, 9.17) is 4.74 Å². The number of nitrogens with zero attached hydrogens (tertiary/aromatic N) is 1. The molecule has 20 heavy (non-hydrogen) atoms. The topological polar surface area (TPSA) is 75.2 Å². The Kier molecular flexibility index (Phi) is 4.69. The second-order valence-electron chi connectivity index (χ2n) is 4.04. The molecule has 0 atom stereocenters. The molecule has 0 unspecified atom stereocenters. The van der Waals surface area contributed by atoms with Gasteiger partial charge in [0, 0.05) is 5.56 Å². The molecule has 0 aliphatic heterocycles. The molecule has 0 aliphatic carbocycles. The van der Waals surface area contributed by atoms with Crippen LogP contribution in [-0.2, 0) is 6.42 Å². The maximum absolute atomic E-state index is 11.9. The summed E-state index contributed by atoms with van der Waals surface area (Å²) in [4.78, 5) is 19.1. The summed E-state index contributed by atoms with van der Waals surface area (Å²) in [5.41, 5.74) is 1.23. The number of hydrogen-bond acceptors (Lipinski definition) is 4. The van der Waals surface area contributed by atoms with Crippen LogP contribution in [-0.4, -0.2) is 22.2 Å². The summed E-state index contributed by atoms with van der Waals surface area (Å²) >= 11 is 5.24. The third-order valence-corrected chi connectivity index (χ3v) is 4.51. The second kappa shape index (κ2) is 6.13. The molecule has 1 heterocycles. The minimum atomic E-state index is -0.171. The molecule has 5 nitrogen and oxygen atoms in total. The molecular weight excluding hydrogens is 439 g/mol. The summed E-state index contributed by atoms with van der Waals surface area (Å²) in [6, 6.07) is 3.31. The third-order valence-electron chi connectivity index (χ3n) is 2.79. The highest BCUT2D eigenvalue weighted by Crippen LogP contribution is 2.37. The first-order valence-electron chi connectivity index (χ1n) is 5.83. The lowest BCUT2D eigenvalue weighted by atomic mass is 10.2. The zero-order valence-electron chi connectivity index (χ0n) is 10.8. The molecule has 0 fully saturated rings. The quantitative estimate of drug-likeness (QED) is 0.704. The fourth-order valence-corrected chi connectivity index (χ4v) is 2.82. The summed E-state index contributed by atoms with van der Waals surface area (Å²) in [5, 5.41) is 9.80. The van der Waals surface area contributed by atoms with E-state index in [2.05, 4.69) is 25.9 Å². The minimum Gasteiger partial charge on any atom is -0.503 e. The number of hydrogen-bond donors (Lipinski definition) is 2. The van der Waals surface area contributed by atoms with Crippen molar-refractivity contribution in [2.45, 2.75) is 13.3 Å². The molecule has 0 saturated carbocycles. The van der Waals surface area contributed by atoms with Crippen molar-refractivity contribution in [1.82, 2.24) is 9.97 Å². The van der Waals surface area contributed by atoms with E-state index in [0.29, 0.717) is 31.6 Å². The van der Waals surface area contributed by atoms with Crippen molar-refractivity contribution in [1.29, 1.82) is 0 Å². The number of halogens is 2. The monoisotopic (exact) mass is 450 g/mol. The Morgan fingerprint density at radius 1 is 1.50 bits per heavy atom. The second-order valence-corrected chi connectivity index (χ2v) is 5.97. The average molecular weight is 451 g/mol. The van der Waals surface area contributed by atoms with E-state index in [1.54, 1.807) is 12.1 Å². The van der Waals surface area contributed by atoms with Crippen LogP contribution < -0.4 is 10.3 Å². The van der Waals surface area contributed by atoms with Gasteiger partial charge in [0.25, 0.3) is 5.56 Å². The van der Waals surface area contributed by atoms with Crippen LogP contribution in [0.5, 0.6) is 11.5 Å². The number of aryl methyl sites for hydroxylation is 1. The number of H-pyrrole nitrogens is 1. The number of aromatic nitrogens is 2. The van der Waals surface area contributed by atoms with Crippen molar-refractivity contribution in [3.05, 3.63) is 36.2 Å². The number of rotatable bonds is 3. The molecule has 0 amide bonds. The predicted molar refractivity (Wildman–Crippen MR) is 88.3 cm³/mol. The highest BCUT2D eigenvalue weighted by atomic mass is 127. The standard InChI is InChI=1S/C13H12BrIN2O3/c1-3-8-10(15)13(19)17-12(16-8)6-4-7(14)11(18)9(5-6)20-2/h4-5,18H,3H2,1-2H3,(H,16,17,19). The fraction of sp³-hybridized carbons (Fsp3) is 0.231. The molecule has 0 saturated heterocycles. The Hall–Kier alpha value is -1.09. The fourth-order valence-electron chi connectivity index (χ4n) is 1.74. The summed E-state index contributed by atoms with van der Waals surface area (Å²) in [7, 11) is 1.47. The lowest BCUT2D eigenvalue weighted by Crippen LogP contribution is -2.16. The SMILES string of the molecule is CCc1nc(-c2cc(Br)c(O)c(OC)c2)[nH]c(=O)c1I. The van der Waals surface area contributed by atoms with Crippen LogP contribution in [0.15, 0.2) is 21.4 Å². The summed E-state index contributed by atoms with van der Waals surface area (Å²) in [5.74, 6) is 0.778. The number of methoxy groups -OCH3 is 1. The van der Waals surface area contributed by atoms with Crippen molar-refractivity contribution < 1.29 is 9.84 Å². The Morgan fingerprint density at radius 2 is 2.20 bits per heavy atom. The molecule has 0 spiro atoms. The van der Waals surface area contributed by atoms with Crippen molar-refractivity contribution >= 4 is 38.5 Å². The third kappa shape index (κ3) is 2.83. The largest absolute Gasteiger partial charge is 0.503 e. The van der Waals surface area contributed by atoms with Crippen molar-refractivity contribution in [3.63, 3.8) is 0 Å². The summed E-state index contributed by atoms with van der Waals surface area (Å²) < 4.78 is 6.17. The van der Waals surface area contributed by atoms with Crippen LogP contribution in [0.3, 0.4) is 0 Å². The van der Waals surface area contributed by atoms with Gasteiger partial charge in [-0.05, 0) is 57.1 Å². The maximum Gasteiger partial charge on any atom is 0.264 e. The van der Waals surface area contributed by atoms with E-state index >= 15 is 0 Å². The van der Waals surface area contributed by atoms with E-state index in [1.807, 2.05) is 29.5 Å². The van der Waals surface area contributed by atoms with Crippen LogP contribution >= 0.6 is 38.5 Å². The highest BCUT2D eigenvalue weighted by Gasteiger charge is 2.13. The summed E-state index contributed by atoms with van der Waals surface area (Å²) in [6.07, 6.45) is 0.672. The van der Waals surface area contributed by atoms with Crippen LogP contribution in [0.2, 0.25) is 0 Å². The summed E-state index contributed by atoms with van der Waals surface area (Å²) in [6.45, 7) is 1.95. The van der Waals surface area contributed by atoms with Gasteiger partial charge in [0.1, 0.15) is 5.82 Å². The van der Waals surface area contributed by atoms with E-state index < -0.39 is 0 Å². The normalized spacial score (nSPS) is 10.6. The molecule has 1 aromatic carbocycles. The smallest absolute Gasteiger partial charge is 0.264 e. The molecule has 2 N–H and O–H groups in total. The van der Waals surface area contributed by atoms with Gasteiger partial charge in [0.05, 0.1) is 20.8 Å². The van der Waals surface area contributed by atoms with Crippen LogP contribution in [0, 0.1) is 3.57 Å². The number of benzene rings is 1. The highest BCUT2D eigenvalue weighted by molar-refractivity contribution is 14.1. The molecule has 2 rings (SSSR count). The molecule has 106 valence electrons. The molecule has 0 aliphatic rings. The van der Waals surface area contributed by atoms with Gasteiger partial charge in [0.2, 0.25) is 0 Å². The Morgan fingerprint density at radius 3 is 2.80 bits per heavy atom. The lowest BCUT2D eigenvalue weighted by Gasteiger charge is -2.09. The van der Waals surface area contributed by atoms with Gasteiger partial charge in [0.15, 0.2) is 11.5 Å². The van der Waals surface area contributed by atoms with E-state index in [0.717, 1.165) is 5.69 Å². The van der Waals surface area contributed by atoms with Crippen LogP contribution in [0.25, 0.3) is 11.4 Å². The van der Waals surface area contributed by atoms with E-state index in [1.165, 1.54) is 7.11 Å². The number of aromatic amines is 1. The van der Waals surface area contributed by atoms with Crippen molar-refractivity contribution in [3.8, 4) is 22.9 Å². The van der Waals surface area contributed by atoms with Gasteiger partial charge in [-0.25, -0.2) is 4.98 Å². The van der Waals surface area contributed by atoms with Crippen LogP contribution in [0.4, 0.5) is 0 Å². The molecule has 0 radical (unpaired) electrons. The zero-order valence-corrected chi connectivity index (χ0v) is 14.6. The lowest BCUT2D eigenvalue weighted by molar-refractivity contribution is 0.372. The van der Waals surface area contributed by atoms with Crippen molar-refractivity contribution in [2.75, 3.05) is 7.11 Å². The zero-order chi connectivity index (χ0) is 14.9. The predicted octanol–water partition coefficient (Wildman–Crippen LogP) is 3.08. The molecule has 0 bridgehead atoms. The van der Waals surface area contributed by atoms with Crippen molar-refractivity contribution in [2.24, 2.45) is 0 Å². The number of nitrogens with one attached hydrogen (secondary N) is 1. The number of aromatic hydroxyl groups is 1. The molecule has 1 aromatic heterocycles. The van der Waals surface area contributed by atoms with Gasteiger partial charge < -0.3 is 14.8 Å². The molecule has 2 aromatic rings. The first-order chi connectivity index (χ1) is 9.47. The number of phenols is 1. The van der Waals surface area contributed by atoms with Gasteiger partial charge in [-0.3, -0.25) is 4.79 Å². The first kappa shape index (κ1) is 15.3. The Labute approximate surface area is 137 Å². The van der Waals surface area contributed by atoms with Gasteiger partial charge in [-0.1, -0.05) is 6.92 Å². The van der Waals surface area contributed by atoms with E-state index in [-0.39, 0.29) is 11.3 Å². The van der Waals surface area contributed by atoms with Gasteiger partial charge in [-0.2, -0.15) is 0 Å². The van der Waals surface area contributed by atoms with Crippen LogP contribution in [0.1, 0.15) is 12.6 Å². The molecule has 7 heteroatoms. The number of phenolic OH excluding ortho intramolecular Hbond substituents is 1. The van der Waals surface area contributed by atoms with Gasteiger partial charge >= 0.3 is 0 Å². The Bertz CT molecular complexity index is 715. The van der Waals surface area contributed by atoms with Gasteiger partial charge in [-0.15, -0.1) is 0 Å². The number of ether oxygens (including phenoxy) is 1. The minimum absolute atomic E-state index is 0.0137. The Balaban J connectivity index is 2.66. The molecular formula is C13H12BrIN2O3. The average Bonchev–Trinajstić information content (AvgIpc) is 2.44. The maximum atomic E-state index is 11.9. The first-order valence-corrected chi connectivity index (χ1v) is 7.70. The van der Waals surface area contributed by atoms with E-state index in [9.17, 15) is 9.90 Å².